The number of nitrogens with zero attached hydrogens (tertiary/aromatic N) is 3. The molecular weight excluding hydrogens is 484 g/mol. The third kappa shape index (κ3) is 6.37. The maximum Gasteiger partial charge on any atom is 0.269 e. The molecule has 2 aromatic rings. The zero-order valence-electron chi connectivity index (χ0n) is 22.5. The molecule has 0 bridgehead atoms. The van der Waals surface area contributed by atoms with Gasteiger partial charge in [-0.1, -0.05) is 30.4 Å². The highest BCUT2D eigenvalue weighted by Crippen LogP contribution is 2.44. The Morgan fingerprint density at radius 2 is 2.00 bits per heavy atom. The standard InChI is InChI=1S/C29H40N4O3S/c1-5-9-21-10-8-11-22(18-21)27-26-23(20-33(25(26)12-17-34)37(36)29(2,3)4)19-24(31-27)28(35)30-13-16-32-14-6-7-15-32/h5,8-11,18-19,25,34H,6-7,12-17,20H2,1-4H3,(H,30,35)/b9-5+/t25-,37-/m1/s1. The molecule has 2 aliphatic rings. The maximum atomic E-state index is 13.5. The largest absolute Gasteiger partial charge is 0.396 e. The van der Waals surface area contributed by atoms with E-state index < -0.39 is 15.7 Å². The number of pyridine rings is 1. The van der Waals surface area contributed by atoms with E-state index in [0.29, 0.717) is 25.2 Å². The summed E-state index contributed by atoms with van der Waals surface area (Å²) in [7, 11) is -1.29. The molecule has 8 heteroatoms. The van der Waals surface area contributed by atoms with E-state index >= 15 is 0 Å². The van der Waals surface area contributed by atoms with Crippen molar-refractivity contribution < 1.29 is 14.1 Å². The molecule has 0 saturated carbocycles. The number of aromatic nitrogens is 1. The predicted molar refractivity (Wildman–Crippen MR) is 150 cm³/mol. The van der Waals surface area contributed by atoms with Crippen molar-refractivity contribution in [1.82, 2.24) is 19.5 Å². The first-order chi connectivity index (χ1) is 17.7. The van der Waals surface area contributed by atoms with E-state index in [1.165, 1.54) is 12.8 Å². The second-order valence-corrected chi connectivity index (χ2v) is 13.0. The average molecular weight is 525 g/mol. The third-order valence-corrected chi connectivity index (χ3v) is 8.81. The van der Waals surface area contributed by atoms with Crippen LogP contribution in [0.2, 0.25) is 0 Å². The Kier molecular flexibility index (Phi) is 8.95. The van der Waals surface area contributed by atoms with Gasteiger partial charge in [-0.15, -0.1) is 0 Å². The highest BCUT2D eigenvalue weighted by atomic mass is 32.2. The molecule has 7 nitrogen and oxygen atoms in total. The van der Waals surface area contributed by atoms with Crippen LogP contribution in [-0.4, -0.2) is 66.9 Å². The molecule has 0 spiro atoms. The molecule has 0 aliphatic carbocycles. The highest BCUT2D eigenvalue weighted by Gasteiger charge is 2.40. The van der Waals surface area contributed by atoms with Crippen LogP contribution in [0.25, 0.3) is 17.3 Å². The Bertz CT molecular complexity index is 1170. The summed E-state index contributed by atoms with van der Waals surface area (Å²) in [4.78, 5) is 20.5. The van der Waals surface area contributed by atoms with Crippen molar-refractivity contribution in [2.24, 2.45) is 0 Å². The van der Waals surface area contributed by atoms with E-state index in [-0.39, 0.29) is 18.6 Å². The van der Waals surface area contributed by atoms with Crippen molar-refractivity contribution in [3.8, 4) is 11.3 Å². The van der Waals surface area contributed by atoms with Crippen LogP contribution in [0.15, 0.2) is 36.4 Å². The van der Waals surface area contributed by atoms with Gasteiger partial charge in [-0.2, -0.15) is 0 Å². The summed E-state index contributed by atoms with van der Waals surface area (Å²) in [5.74, 6) is -0.193. The first-order valence-electron chi connectivity index (χ1n) is 13.3. The Balaban J connectivity index is 1.74. The number of hydrogen-bond acceptors (Lipinski definition) is 5. The lowest BCUT2D eigenvalue weighted by molar-refractivity contribution is 0.0944. The van der Waals surface area contributed by atoms with Crippen molar-refractivity contribution in [2.75, 3.05) is 32.8 Å². The number of amides is 1. The molecule has 1 fully saturated rings. The van der Waals surface area contributed by atoms with Crippen LogP contribution in [0.1, 0.15) is 80.2 Å². The minimum Gasteiger partial charge on any atom is -0.396 e. The number of aliphatic hydroxyl groups is 1. The molecule has 1 saturated heterocycles. The number of nitrogens with one attached hydrogen (secondary N) is 1. The normalized spacial score (nSPS) is 19.4. The van der Waals surface area contributed by atoms with E-state index in [0.717, 1.165) is 47.6 Å². The summed E-state index contributed by atoms with van der Waals surface area (Å²) in [6.07, 6.45) is 6.91. The van der Waals surface area contributed by atoms with Crippen LogP contribution in [-0.2, 0) is 17.5 Å². The van der Waals surface area contributed by atoms with Gasteiger partial charge in [-0.25, -0.2) is 13.5 Å². The smallest absolute Gasteiger partial charge is 0.269 e. The summed E-state index contributed by atoms with van der Waals surface area (Å²) in [6.45, 7) is 11.9. The van der Waals surface area contributed by atoms with Crippen LogP contribution in [0.3, 0.4) is 0 Å². The number of carbonyl (C=O) groups excluding carboxylic acids is 1. The molecule has 0 radical (unpaired) electrons. The van der Waals surface area contributed by atoms with Crippen LogP contribution in [0.5, 0.6) is 0 Å². The summed E-state index contributed by atoms with van der Waals surface area (Å²) >= 11 is 0. The van der Waals surface area contributed by atoms with Gasteiger partial charge in [0.15, 0.2) is 0 Å². The lowest BCUT2D eigenvalue weighted by Crippen LogP contribution is -2.36. The number of carbonyl (C=O) groups is 1. The molecule has 37 heavy (non-hydrogen) atoms. The van der Waals surface area contributed by atoms with Crippen LogP contribution >= 0.6 is 0 Å². The lowest BCUT2D eigenvalue weighted by atomic mass is 9.95. The van der Waals surface area contributed by atoms with E-state index in [4.69, 9.17) is 4.98 Å². The summed E-state index contributed by atoms with van der Waals surface area (Å²) in [5, 5.41) is 13.0. The lowest BCUT2D eigenvalue weighted by Gasteiger charge is -2.30. The molecule has 4 rings (SSSR count). The van der Waals surface area contributed by atoms with Crippen molar-refractivity contribution in [2.45, 2.75) is 64.3 Å². The topological polar surface area (TPSA) is 85.8 Å². The molecular formula is C29H40N4O3S. The predicted octanol–water partition coefficient (Wildman–Crippen LogP) is 4.31. The van der Waals surface area contributed by atoms with Gasteiger partial charge in [0.1, 0.15) is 16.7 Å². The number of rotatable bonds is 9. The Morgan fingerprint density at radius 3 is 2.68 bits per heavy atom. The molecule has 1 aromatic heterocycles. The molecule has 1 amide bonds. The van der Waals surface area contributed by atoms with Crippen molar-refractivity contribution >= 4 is 23.0 Å². The summed E-state index contributed by atoms with van der Waals surface area (Å²) in [6, 6.07) is 9.69. The Hall–Kier alpha value is -2.39. The van der Waals surface area contributed by atoms with Gasteiger partial charge >= 0.3 is 0 Å². The van der Waals surface area contributed by atoms with Crippen LogP contribution in [0.4, 0.5) is 0 Å². The summed E-state index contributed by atoms with van der Waals surface area (Å²) in [5.41, 5.74) is 4.95. The van der Waals surface area contributed by atoms with Crippen LogP contribution < -0.4 is 5.32 Å². The first-order valence-corrected chi connectivity index (χ1v) is 14.4. The van der Waals surface area contributed by atoms with Crippen molar-refractivity contribution in [1.29, 1.82) is 0 Å². The molecule has 3 heterocycles. The van der Waals surface area contributed by atoms with Gasteiger partial charge in [0.25, 0.3) is 5.91 Å². The number of hydrogen-bond donors (Lipinski definition) is 2. The quantitative estimate of drug-likeness (QED) is 0.511. The Labute approximate surface area is 223 Å². The van der Waals surface area contributed by atoms with Gasteiger partial charge in [-0.3, -0.25) is 4.79 Å². The molecule has 200 valence electrons. The van der Waals surface area contributed by atoms with Gasteiger partial charge in [-0.05, 0) is 83.3 Å². The maximum absolute atomic E-state index is 13.5. The third-order valence-electron chi connectivity index (χ3n) is 6.95. The van der Waals surface area contributed by atoms with Gasteiger partial charge in [0.2, 0.25) is 0 Å². The van der Waals surface area contributed by atoms with E-state index in [9.17, 15) is 14.1 Å². The molecule has 0 unspecified atom stereocenters. The van der Waals surface area contributed by atoms with Crippen LogP contribution in [0, 0.1) is 0 Å². The molecule has 2 atom stereocenters. The Morgan fingerprint density at radius 1 is 1.24 bits per heavy atom. The molecule has 1 aromatic carbocycles. The minimum absolute atomic E-state index is 0.0290. The van der Waals surface area contributed by atoms with E-state index in [2.05, 4.69) is 16.3 Å². The highest BCUT2D eigenvalue weighted by molar-refractivity contribution is 7.84. The number of allylic oxidation sites excluding steroid dienone is 1. The fourth-order valence-electron chi connectivity index (χ4n) is 5.21. The van der Waals surface area contributed by atoms with Crippen molar-refractivity contribution in [3.63, 3.8) is 0 Å². The first kappa shape index (κ1) is 27.6. The minimum atomic E-state index is -1.29. The number of likely N-dealkylation sites (tertiary alicyclic amines) is 1. The van der Waals surface area contributed by atoms with Gasteiger partial charge in [0.05, 0.1) is 16.5 Å². The fourth-order valence-corrected chi connectivity index (χ4v) is 6.61. The molecule has 2 aliphatic heterocycles. The SMILES string of the molecule is C/C=C/c1cccc(-c2nc(C(=O)NCCN3CCCC3)cc3c2[C@@H](CCO)N([S@](=O)C(C)(C)C)C3)c1. The van der Waals surface area contributed by atoms with Gasteiger partial charge < -0.3 is 15.3 Å². The summed E-state index contributed by atoms with van der Waals surface area (Å²) < 4.78 is 15.0. The number of fused-ring (bicyclic) bond motifs is 1. The fraction of sp³-hybridized carbons (Fsp3) is 0.517. The number of benzene rings is 1. The van der Waals surface area contributed by atoms with E-state index in [1.54, 1.807) is 0 Å². The average Bonchev–Trinajstić information content (AvgIpc) is 3.51. The van der Waals surface area contributed by atoms with E-state index in [1.807, 2.05) is 68.4 Å². The second-order valence-electron chi connectivity index (χ2n) is 10.8. The molecule has 2 N–H and O–H groups in total. The van der Waals surface area contributed by atoms with Gasteiger partial charge in [0, 0.05) is 37.4 Å². The second kappa shape index (κ2) is 12.0. The monoisotopic (exact) mass is 524 g/mol. The number of aliphatic hydroxyl groups excluding tert-OH is 1. The van der Waals surface area contributed by atoms with Crippen molar-refractivity contribution in [3.05, 3.63) is 58.8 Å². The zero-order chi connectivity index (χ0) is 26.6. The zero-order valence-corrected chi connectivity index (χ0v) is 23.3.